The van der Waals surface area contributed by atoms with Gasteiger partial charge >= 0.3 is 6.03 Å². The number of likely N-dealkylation sites (tertiary alicyclic amines) is 1. The van der Waals surface area contributed by atoms with E-state index >= 15 is 0 Å². The van der Waals surface area contributed by atoms with E-state index in [1.165, 1.54) is 4.90 Å². The Kier molecular flexibility index (Phi) is 4.17. The number of hydrogen-bond donors (Lipinski definition) is 2. The Balaban J connectivity index is 2.30. The molecule has 19 heavy (non-hydrogen) atoms. The molecule has 0 bridgehead atoms. The third-order valence-corrected chi connectivity index (χ3v) is 3.67. The van der Waals surface area contributed by atoms with Crippen LogP contribution in [0.15, 0.2) is 23.2 Å². The number of carbonyl (C=O) groups is 1. The van der Waals surface area contributed by atoms with Gasteiger partial charge in [0.25, 0.3) is 0 Å². The van der Waals surface area contributed by atoms with Gasteiger partial charge in [0.2, 0.25) is 0 Å². The molecule has 1 atom stereocenters. The van der Waals surface area contributed by atoms with Crippen molar-refractivity contribution in [3.63, 3.8) is 0 Å². The van der Waals surface area contributed by atoms with Crippen LogP contribution in [0.2, 0.25) is 10.0 Å². The average molecular weight is 301 g/mol. The van der Waals surface area contributed by atoms with Crippen LogP contribution in [-0.4, -0.2) is 29.4 Å². The van der Waals surface area contributed by atoms with Crippen LogP contribution in [0.1, 0.15) is 12.8 Å². The van der Waals surface area contributed by atoms with Gasteiger partial charge in [0.05, 0.1) is 16.1 Å². The van der Waals surface area contributed by atoms with E-state index < -0.39 is 6.03 Å². The van der Waals surface area contributed by atoms with Crippen molar-refractivity contribution in [3.05, 3.63) is 28.2 Å². The minimum absolute atomic E-state index is 0.287. The minimum Gasteiger partial charge on any atom is -0.385 e. The molecule has 1 heterocycles. The van der Waals surface area contributed by atoms with Crippen LogP contribution in [0.3, 0.4) is 0 Å². The lowest BCUT2D eigenvalue weighted by atomic mass is 10.2. The third kappa shape index (κ3) is 2.93. The molecule has 1 aromatic carbocycles. The lowest BCUT2D eigenvalue weighted by molar-refractivity contribution is 0.212. The van der Waals surface area contributed by atoms with Crippen molar-refractivity contribution in [2.24, 2.45) is 16.5 Å². The highest BCUT2D eigenvalue weighted by Gasteiger charge is 2.30. The van der Waals surface area contributed by atoms with Crippen LogP contribution in [0.25, 0.3) is 0 Å². The topological polar surface area (TPSA) is 84.7 Å². The van der Waals surface area contributed by atoms with Crippen molar-refractivity contribution in [1.29, 1.82) is 0 Å². The van der Waals surface area contributed by atoms with E-state index in [0.29, 0.717) is 28.1 Å². The first-order chi connectivity index (χ1) is 9.00. The number of halogens is 2. The van der Waals surface area contributed by atoms with Crippen LogP contribution in [0, 0.1) is 0 Å². The average Bonchev–Trinajstić information content (AvgIpc) is 2.83. The molecule has 102 valence electrons. The van der Waals surface area contributed by atoms with Gasteiger partial charge in [-0.3, -0.25) is 0 Å². The molecule has 4 N–H and O–H groups in total. The predicted octanol–water partition coefficient (Wildman–Crippen LogP) is 2.53. The molecule has 1 saturated heterocycles. The van der Waals surface area contributed by atoms with Gasteiger partial charge in [-0.25, -0.2) is 9.79 Å². The number of amides is 2. The number of hydrogen-bond acceptors (Lipinski definition) is 2. The largest absolute Gasteiger partial charge is 0.385 e. The molecule has 0 saturated carbocycles. The molecule has 0 spiro atoms. The molecular weight excluding hydrogens is 287 g/mol. The quantitative estimate of drug-likeness (QED) is 0.649. The van der Waals surface area contributed by atoms with E-state index in [2.05, 4.69) is 4.99 Å². The number of nitrogens with zero attached hydrogens (tertiary/aromatic N) is 2. The standard InChI is InChI=1S/C12H14Cl2N4O/c13-7-3-1-4-8(14)10(7)17-11(15)9-5-2-6-18(9)12(16)19/h1,3-4,9H,2,5-6H2,(H2,15,17)(H2,16,19). The molecule has 7 heteroatoms. The smallest absolute Gasteiger partial charge is 0.315 e. The molecular formula is C12H14Cl2N4O. The van der Waals surface area contributed by atoms with Gasteiger partial charge in [0, 0.05) is 6.54 Å². The summed E-state index contributed by atoms with van der Waals surface area (Å²) in [4.78, 5) is 17.0. The zero-order chi connectivity index (χ0) is 14.0. The van der Waals surface area contributed by atoms with Crippen molar-refractivity contribution in [3.8, 4) is 0 Å². The number of rotatable bonds is 2. The lowest BCUT2D eigenvalue weighted by Crippen LogP contribution is -2.46. The highest BCUT2D eigenvalue weighted by atomic mass is 35.5. The van der Waals surface area contributed by atoms with E-state index in [9.17, 15) is 4.79 Å². The summed E-state index contributed by atoms with van der Waals surface area (Å²) >= 11 is 12.1. The first kappa shape index (κ1) is 14.0. The molecule has 1 aliphatic rings. The van der Waals surface area contributed by atoms with Crippen LogP contribution in [0.5, 0.6) is 0 Å². The second-order valence-corrected chi connectivity index (χ2v) is 5.11. The Morgan fingerprint density at radius 1 is 1.32 bits per heavy atom. The lowest BCUT2D eigenvalue weighted by Gasteiger charge is -2.22. The molecule has 1 unspecified atom stereocenters. The van der Waals surface area contributed by atoms with Crippen molar-refractivity contribution >= 4 is 40.8 Å². The van der Waals surface area contributed by atoms with Gasteiger partial charge in [-0.1, -0.05) is 29.3 Å². The summed E-state index contributed by atoms with van der Waals surface area (Å²) in [6.45, 7) is 0.590. The number of primary amides is 1. The van der Waals surface area contributed by atoms with E-state index in [4.69, 9.17) is 34.7 Å². The van der Waals surface area contributed by atoms with Crippen molar-refractivity contribution < 1.29 is 4.79 Å². The minimum atomic E-state index is -0.495. The highest BCUT2D eigenvalue weighted by Crippen LogP contribution is 2.33. The number of benzene rings is 1. The van der Waals surface area contributed by atoms with E-state index in [0.717, 1.165) is 12.8 Å². The molecule has 2 rings (SSSR count). The summed E-state index contributed by atoms with van der Waals surface area (Å²) in [7, 11) is 0. The fourth-order valence-electron chi connectivity index (χ4n) is 2.14. The van der Waals surface area contributed by atoms with Gasteiger partial charge in [0.1, 0.15) is 11.5 Å². The molecule has 0 aliphatic carbocycles. The summed E-state index contributed by atoms with van der Waals surface area (Å²) in [5.74, 6) is 0.298. The predicted molar refractivity (Wildman–Crippen MR) is 77.1 cm³/mol. The SMILES string of the molecule is NC(=O)N1CCCC1C(N)=Nc1c(Cl)cccc1Cl. The number of carbonyl (C=O) groups excluding carboxylic acids is 1. The first-order valence-electron chi connectivity index (χ1n) is 5.85. The van der Waals surface area contributed by atoms with E-state index in [-0.39, 0.29) is 6.04 Å². The molecule has 1 fully saturated rings. The molecule has 5 nitrogen and oxygen atoms in total. The van der Waals surface area contributed by atoms with Gasteiger partial charge in [0.15, 0.2) is 0 Å². The van der Waals surface area contributed by atoms with Crippen LogP contribution >= 0.6 is 23.2 Å². The van der Waals surface area contributed by atoms with Crippen molar-refractivity contribution in [2.75, 3.05) is 6.54 Å². The molecule has 0 radical (unpaired) electrons. The van der Waals surface area contributed by atoms with Crippen LogP contribution < -0.4 is 11.5 Å². The van der Waals surface area contributed by atoms with Gasteiger partial charge in [-0.15, -0.1) is 0 Å². The highest BCUT2D eigenvalue weighted by molar-refractivity contribution is 6.38. The van der Waals surface area contributed by atoms with E-state index in [1.54, 1.807) is 18.2 Å². The van der Waals surface area contributed by atoms with Crippen molar-refractivity contribution in [2.45, 2.75) is 18.9 Å². The molecule has 2 amide bonds. The van der Waals surface area contributed by atoms with Gasteiger partial charge in [-0.2, -0.15) is 0 Å². The molecule has 1 aromatic rings. The summed E-state index contributed by atoms with van der Waals surface area (Å²) in [5, 5.41) is 0.832. The number of urea groups is 1. The number of amidine groups is 1. The Hall–Kier alpha value is -1.46. The third-order valence-electron chi connectivity index (χ3n) is 3.06. The Bertz CT molecular complexity index is 512. The summed E-state index contributed by atoms with van der Waals surface area (Å²) in [6, 6.07) is 4.31. The maximum atomic E-state index is 11.3. The number of nitrogens with two attached hydrogens (primary N) is 2. The van der Waals surface area contributed by atoms with Gasteiger partial charge in [-0.05, 0) is 25.0 Å². The summed E-state index contributed by atoms with van der Waals surface area (Å²) < 4.78 is 0. The second kappa shape index (κ2) is 5.67. The first-order valence-corrected chi connectivity index (χ1v) is 6.60. The summed E-state index contributed by atoms with van der Waals surface area (Å²) in [6.07, 6.45) is 1.58. The number of para-hydroxylation sites is 1. The normalized spacial score (nSPS) is 19.8. The van der Waals surface area contributed by atoms with Gasteiger partial charge < -0.3 is 16.4 Å². The zero-order valence-electron chi connectivity index (χ0n) is 10.1. The Labute approximate surface area is 121 Å². The number of aliphatic imine (C=N–C) groups is 1. The Morgan fingerprint density at radius 2 is 1.95 bits per heavy atom. The fraction of sp³-hybridized carbons (Fsp3) is 0.333. The molecule has 0 aromatic heterocycles. The maximum absolute atomic E-state index is 11.3. The monoisotopic (exact) mass is 300 g/mol. The fourth-order valence-corrected chi connectivity index (χ4v) is 2.62. The van der Waals surface area contributed by atoms with E-state index in [1.807, 2.05) is 0 Å². The second-order valence-electron chi connectivity index (χ2n) is 4.30. The zero-order valence-corrected chi connectivity index (χ0v) is 11.7. The Morgan fingerprint density at radius 3 is 2.53 bits per heavy atom. The van der Waals surface area contributed by atoms with Crippen molar-refractivity contribution in [1.82, 2.24) is 4.90 Å². The maximum Gasteiger partial charge on any atom is 0.315 e. The van der Waals surface area contributed by atoms with Crippen LogP contribution in [0.4, 0.5) is 10.5 Å². The summed E-state index contributed by atoms with van der Waals surface area (Å²) in [5.41, 5.74) is 11.7. The van der Waals surface area contributed by atoms with Crippen LogP contribution in [-0.2, 0) is 0 Å². The molecule has 1 aliphatic heterocycles.